The molecular formula is C8H10IN4+. The number of nitrogen functional groups attached to an aromatic ring is 1. The summed E-state index contributed by atoms with van der Waals surface area (Å²) in [5.74, 6) is 0. The first kappa shape index (κ1) is 10.1. The fourth-order valence-electron chi connectivity index (χ4n) is 1.15. The molecule has 0 amide bonds. The average Bonchev–Trinajstić information content (AvgIpc) is 2.02. The summed E-state index contributed by atoms with van der Waals surface area (Å²) in [5.41, 5.74) is 8.88. The van der Waals surface area contributed by atoms with Crippen molar-refractivity contribution in [2.75, 3.05) is 8.96 Å². The molecule has 4 nitrogen and oxygen atoms in total. The number of nitrogens with zero attached hydrogens (tertiary/aromatic N) is 3. The lowest BCUT2D eigenvalue weighted by Gasteiger charge is -2.06. The van der Waals surface area contributed by atoms with Gasteiger partial charge in [-0.15, -0.1) is 0 Å². The Hall–Kier alpha value is -1.03. The minimum Gasteiger partial charge on any atom is -0.397 e. The van der Waals surface area contributed by atoms with Crippen LogP contribution in [0.2, 0.25) is 0 Å². The van der Waals surface area contributed by atoms with Crippen molar-refractivity contribution in [1.29, 1.82) is 0 Å². The normalized spacial score (nSPS) is 9.38. The van der Waals surface area contributed by atoms with Crippen molar-refractivity contribution >= 4 is 34.2 Å². The number of anilines is 2. The van der Waals surface area contributed by atoms with E-state index in [2.05, 4.69) is 9.94 Å². The maximum atomic E-state index is 5.80. The van der Waals surface area contributed by atoms with Gasteiger partial charge < -0.3 is 5.73 Å². The standard InChI is InChI=1S/C8H10IN4/c1-5-4-7(10)8(6(2)12-5)13(9)11-3/h3-4H,1-2H3,(H2,10,12)/q+1. The van der Waals surface area contributed by atoms with Crippen molar-refractivity contribution in [2.24, 2.45) is 0 Å². The highest BCUT2D eigenvalue weighted by Gasteiger charge is 2.17. The Labute approximate surface area is 91.0 Å². The summed E-state index contributed by atoms with van der Waals surface area (Å²) in [6.45, 7) is 8.90. The van der Waals surface area contributed by atoms with Gasteiger partial charge in [-0.25, -0.2) is 0 Å². The lowest BCUT2D eigenvalue weighted by atomic mass is 10.2. The molecule has 0 atom stereocenters. The predicted molar refractivity (Wildman–Crippen MR) is 62.9 cm³/mol. The molecule has 0 saturated heterocycles. The fraction of sp³-hybridized carbons (Fsp3) is 0.250. The molecule has 5 heteroatoms. The summed E-state index contributed by atoms with van der Waals surface area (Å²) >= 11 is 1.96. The zero-order valence-electron chi connectivity index (χ0n) is 7.45. The molecule has 0 aliphatic carbocycles. The van der Waals surface area contributed by atoms with Crippen LogP contribution < -0.4 is 8.96 Å². The maximum absolute atomic E-state index is 5.80. The van der Waals surface area contributed by atoms with E-state index in [0.29, 0.717) is 5.69 Å². The minimum absolute atomic E-state index is 0.633. The topological polar surface area (TPSA) is 46.5 Å². The molecule has 2 N–H and O–H groups in total. The van der Waals surface area contributed by atoms with Gasteiger partial charge in [0.15, 0.2) is 28.6 Å². The molecule has 1 rings (SSSR count). The van der Waals surface area contributed by atoms with Crippen LogP contribution in [0.25, 0.3) is 4.95 Å². The van der Waals surface area contributed by atoms with Gasteiger partial charge in [-0.2, -0.15) is 0 Å². The third-order valence-corrected chi connectivity index (χ3v) is 2.34. The average molecular weight is 289 g/mol. The van der Waals surface area contributed by atoms with Crippen molar-refractivity contribution in [3.63, 3.8) is 0 Å². The first-order chi connectivity index (χ1) is 6.06. The predicted octanol–water partition coefficient (Wildman–Crippen LogP) is 2.31. The number of hydrogen-bond acceptors (Lipinski definition) is 3. The van der Waals surface area contributed by atoms with Crippen LogP contribution >= 0.6 is 22.9 Å². The number of rotatable bonds is 1. The number of aromatic nitrogens is 1. The quantitative estimate of drug-likeness (QED) is 0.490. The molecule has 1 aromatic rings. The van der Waals surface area contributed by atoms with E-state index in [1.807, 2.05) is 36.7 Å². The molecule has 13 heavy (non-hydrogen) atoms. The largest absolute Gasteiger partial charge is 0.397 e. The highest BCUT2D eigenvalue weighted by atomic mass is 127. The molecule has 0 fully saturated rings. The van der Waals surface area contributed by atoms with E-state index in [9.17, 15) is 0 Å². The van der Waals surface area contributed by atoms with Gasteiger partial charge >= 0.3 is 6.57 Å². The molecule has 0 spiro atoms. The van der Waals surface area contributed by atoms with Gasteiger partial charge in [-0.05, 0) is 19.9 Å². The molecule has 0 aromatic carbocycles. The summed E-state index contributed by atoms with van der Waals surface area (Å²) in [6, 6.07) is 1.79. The van der Waals surface area contributed by atoms with Crippen LogP contribution in [0.4, 0.5) is 11.4 Å². The van der Waals surface area contributed by atoms with E-state index in [0.717, 1.165) is 17.1 Å². The highest BCUT2D eigenvalue weighted by molar-refractivity contribution is 14.1. The number of hydrogen-bond donors (Lipinski definition) is 1. The third-order valence-electron chi connectivity index (χ3n) is 1.61. The van der Waals surface area contributed by atoms with Crippen LogP contribution in [0.1, 0.15) is 11.4 Å². The van der Waals surface area contributed by atoms with Gasteiger partial charge in [-0.1, -0.05) is 0 Å². The summed E-state index contributed by atoms with van der Waals surface area (Å²) < 4.78 is 1.48. The molecule has 68 valence electrons. The lowest BCUT2D eigenvalue weighted by molar-refractivity contribution is 1.12. The molecule has 0 unspecified atom stereocenters. The number of aryl methyl sites for hydroxylation is 2. The molecule has 0 aliphatic heterocycles. The van der Waals surface area contributed by atoms with Gasteiger partial charge in [0.1, 0.15) is 0 Å². The van der Waals surface area contributed by atoms with Crippen molar-refractivity contribution < 1.29 is 0 Å². The molecule has 0 saturated carbocycles. The van der Waals surface area contributed by atoms with Gasteiger partial charge in [-0.3, -0.25) is 4.98 Å². The van der Waals surface area contributed by atoms with Crippen molar-refractivity contribution in [1.82, 2.24) is 4.98 Å². The van der Waals surface area contributed by atoms with Crippen molar-refractivity contribution in [3.8, 4) is 6.57 Å². The van der Waals surface area contributed by atoms with E-state index < -0.39 is 0 Å². The SMILES string of the molecule is C#[N+]N(I)c1c(N)cc(C)nc1C. The molecule has 1 aromatic heterocycles. The first-order valence-electron chi connectivity index (χ1n) is 3.66. The van der Waals surface area contributed by atoms with Crippen LogP contribution in [-0.4, -0.2) is 4.98 Å². The van der Waals surface area contributed by atoms with Crippen molar-refractivity contribution in [3.05, 3.63) is 22.4 Å². The molecular weight excluding hydrogens is 279 g/mol. The molecule has 0 radical (unpaired) electrons. The summed E-state index contributed by atoms with van der Waals surface area (Å²) in [4.78, 5) is 7.77. The third kappa shape index (κ3) is 2.01. The Morgan fingerprint density at radius 3 is 2.69 bits per heavy atom. The summed E-state index contributed by atoms with van der Waals surface area (Å²) in [6.07, 6.45) is 0. The number of pyridine rings is 1. The van der Waals surface area contributed by atoms with Crippen LogP contribution in [0.3, 0.4) is 0 Å². The smallest absolute Gasteiger partial charge is 0.306 e. The molecule has 1 heterocycles. The minimum atomic E-state index is 0.633. The van der Waals surface area contributed by atoms with Gasteiger partial charge in [0.05, 0.1) is 16.3 Å². The van der Waals surface area contributed by atoms with Crippen LogP contribution in [0, 0.1) is 20.4 Å². The lowest BCUT2D eigenvalue weighted by Crippen LogP contribution is -2.05. The Kier molecular flexibility index (Phi) is 2.93. The maximum Gasteiger partial charge on any atom is 0.306 e. The number of halogens is 1. The van der Waals surface area contributed by atoms with Gasteiger partial charge in [0.2, 0.25) is 0 Å². The van der Waals surface area contributed by atoms with E-state index in [1.165, 1.54) is 3.22 Å². The second kappa shape index (κ2) is 3.79. The Balaban J connectivity index is 3.30. The van der Waals surface area contributed by atoms with E-state index >= 15 is 0 Å². The van der Waals surface area contributed by atoms with Crippen LogP contribution in [0.5, 0.6) is 0 Å². The zero-order chi connectivity index (χ0) is 10.0. The fourth-order valence-corrected chi connectivity index (χ4v) is 1.78. The van der Waals surface area contributed by atoms with E-state index in [-0.39, 0.29) is 0 Å². The summed E-state index contributed by atoms with van der Waals surface area (Å²) in [5, 5.41) is 0. The van der Waals surface area contributed by atoms with E-state index in [1.54, 1.807) is 6.07 Å². The molecule has 0 bridgehead atoms. The second-order valence-electron chi connectivity index (χ2n) is 2.66. The van der Waals surface area contributed by atoms with Crippen molar-refractivity contribution in [2.45, 2.75) is 13.8 Å². The molecule has 0 aliphatic rings. The van der Waals surface area contributed by atoms with E-state index in [4.69, 9.17) is 12.3 Å². The Morgan fingerprint density at radius 2 is 2.23 bits per heavy atom. The second-order valence-corrected chi connectivity index (χ2v) is 3.58. The first-order valence-corrected chi connectivity index (χ1v) is 4.63. The van der Waals surface area contributed by atoms with Gasteiger partial charge in [0, 0.05) is 8.92 Å². The summed E-state index contributed by atoms with van der Waals surface area (Å²) in [7, 11) is 0. The monoisotopic (exact) mass is 289 g/mol. The zero-order valence-corrected chi connectivity index (χ0v) is 9.61. The Morgan fingerprint density at radius 1 is 1.62 bits per heavy atom. The number of nitrogens with two attached hydrogens (primary N) is 1. The van der Waals surface area contributed by atoms with Crippen LogP contribution in [-0.2, 0) is 0 Å². The Bertz CT molecular complexity index is 346. The van der Waals surface area contributed by atoms with Gasteiger partial charge in [0.25, 0.3) is 0 Å². The van der Waals surface area contributed by atoms with Crippen LogP contribution in [0.15, 0.2) is 6.07 Å². The highest BCUT2D eigenvalue weighted by Crippen LogP contribution is 2.29.